The van der Waals surface area contributed by atoms with Gasteiger partial charge in [-0.2, -0.15) is 4.31 Å². The molecule has 148 valence electrons. The summed E-state index contributed by atoms with van der Waals surface area (Å²) in [6, 6.07) is 4.75. The van der Waals surface area contributed by atoms with E-state index >= 15 is 0 Å². The lowest BCUT2D eigenvalue weighted by molar-refractivity contribution is -0.125. The van der Waals surface area contributed by atoms with Crippen LogP contribution in [0, 0.1) is 0 Å². The number of carbonyl (C=O) groups excluding carboxylic acids is 2. The van der Waals surface area contributed by atoms with E-state index in [1.165, 1.54) is 33.5 Å². The van der Waals surface area contributed by atoms with Gasteiger partial charge in [0.25, 0.3) is 0 Å². The summed E-state index contributed by atoms with van der Waals surface area (Å²) >= 11 is 5.86. The van der Waals surface area contributed by atoms with Crippen LogP contribution in [0.4, 0.5) is 4.79 Å². The molecule has 2 aliphatic heterocycles. The molecule has 0 aromatic heterocycles. The van der Waals surface area contributed by atoms with Crippen molar-refractivity contribution in [3.05, 3.63) is 29.3 Å². The predicted molar refractivity (Wildman–Crippen MR) is 100 cm³/mol. The predicted octanol–water partition coefficient (Wildman–Crippen LogP) is 2.68. The molecule has 1 aromatic rings. The Labute approximate surface area is 164 Å². The Hall–Kier alpha value is -1.64. The average molecular weight is 415 g/mol. The maximum Gasteiger partial charge on any atom is 0.410 e. The zero-order chi connectivity index (χ0) is 20.0. The molecule has 2 aliphatic rings. The number of carbonyl (C=O) groups is 2. The normalized spacial score (nSPS) is 24.0. The molecule has 2 bridgehead atoms. The first-order valence-corrected chi connectivity index (χ1v) is 10.6. The van der Waals surface area contributed by atoms with Gasteiger partial charge in [0.1, 0.15) is 11.4 Å². The second kappa shape index (κ2) is 7.07. The number of likely N-dealkylation sites (tertiary alicyclic amines) is 1. The Morgan fingerprint density at radius 1 is 1.11 bits per heavy atom. The van der Waals surface area contributed by atoms with Gasteiger partial charge in [-0.05, 0) is 45.0 Å². The topological polar surface area (TPSA) is 84.0 Å². The number of Topliss-reactive ketones (excluding diaryl/α,β-unsaturated/α-hetero) is 1. The summed E-state index contributed by atoms with van der Waals surface area (Å²) in [5.41, 5.74) is -0.644. The van der Waals surface area contributed by atoms with Crippen molar-refractivity contribution in [2.45, 2.75) is 56.2 Å². The largest absolute Gasteiger partial charge is 0.444 e. The van der Waals surface area contributed by atoms with Gasteiger partial charge in [0.05, 0.1) is 17.0 Å². The first-order chi connectivity index (χ1) is 12.5. The molecule has 0 radical (unpaired) electrons. The lowest BCUT2D eigenvalue weighted by Crippen LogP contribution is -2.65. The second-order valence-corrected chi connectivity index (χ2v) is 10.2. The number of hydrogen-bond acceptors (Lipinski definition) is 5. The maximum atomic E-state index is 13.2. The van der Waals surface area contributed by atoms with Gasteiger partial charge in [0.15, 0.2) is 0 Å². The minimum absolute atomic E-state index is 0.0106. The second-order valence-electron chi connectivity index (χ2n) is 7.93. The van der Waals surface area contributed by atoms with Crippen LogP contribution in [0.5, 0.6) is 0 Å². The number of ketones is 1. The van der Waals surface area contributed by atoms with Crippen molar-refractivity contribution in [2.24, 2.45) is 0 Å². The number of fused-ring (bicyclic) bond motifs is 2. The van der Waals surface area contributed by atoms with E-state index in [2.05, 4.69) is 0 Å². The number of sulfonamides is 1. The minimum Gasteiger partial charge on any atom is -0.444 e. The van der Waals surface area contributed by atoms with Crippen LogP contribution < -0.4 is 0 Å². The van der Waals surface area contributed by atoms with E-state index in [1.54, 1.807) is 20.8 Å². The van der Waals surface area contributed by atoms with Crippen LogP contribution in [0.1, 0.15) is 33.6 Å². The molecule has 1 aromatic carbocycles. The summed E-state index contributed by atoms with van der Waals surface area (Å²) in [5, 5.41) is 0.444. The number of piperazine rings is 1. The highest BCUT2D eigenvalue weighted by atomic mass is 35.5. The van der Waals surface area contributed by atoms with Gasteiger partial charge >= 0.3 is 6.09 Å². The Morgan fingerprint density at radius 3 is 2.11 bits per heavy atom. The SMILES string of the molecule is CC(C)(C)OC(=O)N1CC2CC(=O)CC(C1)N2S(=O)(=O)c1ccc(Cl)cc1. The molecule has 3 rings (SSSR count). The van der Waals surface area contributed by atoms with Gasteiger partial charge in [-0.1, -0.05) is 11.6 Å². The zero-order valence-corrected chi connectivity index (χ0v) is 17.1. The summed E-state index contributed by atoms with van der Waals surface area (Å²) in [5.74, 6) is 0.0106. The van der Waals surface area contributed by atoms with Gasteiger partial charge in [0.2, 0.25) is 10.0 Å². The Balaban J connectivity index is 1.87. The van der Waals surface area contributed by atoms with Crippen molar-refractivity contribution < 1.29 is 22.7 Å². The van der Waals surface area contributed by atoms with Crippen molar-refractivity contribution >= 4 is 33.5 Å². The number of benzene rings is 1. The molecular weight excluding hydrogens is 392 g/mol. The van der Waals surface area contributed by atoms with Gasteiger partial charge in [-0.15, -0.1) is 0 Å². The lowest BCUT2D eigenvalue weighted by Gasteiger charge is -2.48. The summed E-state index contributed by atoms with van der Waals surface area (Å²) in [7, 11) is -3.80. The number of ether oxygens (including phenoxy) is 1. The van der Waals surface area contributed by atoms with E-state index in [-0.39, 0.29) is 36.6 Å². The highest BCUT2D eigenvalue weighted by Gasteiger charge is 2.48. The Bertz CT molecular complexity index is 829. The number of nitrogens with zero attached hydrogens (tertiary/aromatic N) is 2. The van der Waals surface area contributed by atoms with Crippen molar-refractivity contribution in [1.29, 1.82) is 0 Å². The number of amides is 1. The van der Waals surface area contributed by atoms with Crippen molar-refractivity contribution in [2.75, 3.05) is 13.1 Å². The molecule has 2 unspecified atom stereocenters. The van der Waals surface area contributed by atoms with Crippen molar-refractivity contribution in [3.63, 3.8) is 0 Å². The van der Waals surface area contributed by atoms with E-state index in [4.69, 9.17) is 16.3 Å². The molecule has 0 N–H and O–H groups in total. The smallest absolute Gasteiger partial charge is 0.410 e. The molecule has 1 amide bonds. The first kappa shape index (κ1) is 20.1. The van der Waals surface area contributed by atoms with E-state index in [0.29, 0.717) is 5.02 Å². The average Bonchev–Trinajstić information content (AvgIpc) is 2.52. The van der Waals surface area contributed by atoms with Crippen LogP contribution in [0.15, 0.2) is 29.2 Å². The number of hydrogen-bond donors (Lipinski definition) is 0. The standard InChI is InChI=1S/C18H23ClN2O5S/c1-18(2,3)26-17(23)20-10-13-8-15(22)9-14(11-20)21(13)27(24,25)16-6-4-12(19)5-7-16/h4-7,13-14H,8-11H2,1-3H3. The molecule has 2 fully saturated rings. The number of rotatable bonds is 2. The molecule has 0 aliphatic carbocycles. The highest BCUT2D eigenvalue weighted by Crippen LogP contribution is 2.33. The number of piperidine rings is 1. The fourth-order valence-electron chi connectivity index (χ4n) is 3.56. The molecular formula is C18H23ClN2O5S. The quantitative estimate of drug-likeness (QED) is 0.742. The van der Waals surface area contributed by atoms with Gasteiger partial charge in [-0.3, -0.25) is 4.79 Å². The van der Waals surface area contributed by atoms with Crippen LogP contribution in [-0.4, -0.2) is 60.3 Å². The Kier molecular flexibility index (Phi) is 5.26. The molecule has 7 nitrogen and oxygen atoms in total. The maximum absolute atomic E-state index is 13.2. The summed E-state index contributed by atoms with van der Waals surface area (Å²) < 4.78 is 33.1. The lowest BCUT2D eigenvalue weighted by atomic mass is 9.93. The third-order valence-corrected chi connectivity index (χ3v) is 6.82. The van der Waals surface area contributed by atoms with Crippen LogP contribution >= 0.6 is 11.6 Å². The van der Waals surface area contributed by atoms with Crippen molar-refractivity contribution in [3.8, 4) is 0 Å². The first-order valence-electron chi connectivity index (χ1n) is 8.76. The molecule has 0 saturated carbocycles. The third-order valence-electron chi connectivity index (χ3n) is 4.55. The minimum atomic E-state index is -3.80. The van der Waals surface area contributed by atoms with Gasteiger partial charge in [-0.25, -0.2) is 13.2 Å². The third kappa shape index (κ3) is 4.28. The molecule has 27 heavy (non-hydrogen) atoms. The molecule has 2 saturated heterocycles. The molecule has 0 spiro atoms. The Morgan fingerprint density at radius 2 is 1.63 bits per heavy atom. The van der Waals surface area contributed by atoms with Crippen LogP contribution in [-0.2, 0) is 19.6 Å². The van der Waals surface area contributed by atoms with Gasteiger partial charge in [0, 0.05) is 31.0 Å². The van der Waals surface area contributed by atoms with Crippen LogP contribution in [0.3, 0.4) is 0 Å². The molecule has 9 heteroatoms. The van der Waals surface area contributed by atoms with Crippen molar-refractivity contribution in [1.82, 2.24) is 9.21 Å². The summed E-state index contributed by atoms with van der Waals surface area (Å²) in [4.78, 5) is 26.1. The van der Waals surface area contributed by atoms with Crippen LogP contribution in [0.2, 0.25) is 5.02 Å². The van der Waals surface area contributed by atoms with Gasteiger partial charge < -0.3 is 9.64 Å². The molecule has 2 atom stereocenters. The number of halogens is 1. The zero-order valence-electron chi connectivity index (χ0n) is 15.5. The van der Waals surface area contributed by atoms with E-state index in [0.717, 1.165) is 0 Å². The van der Waals surface area contributed by atoms with E-state index in [1.807, 2.05) is 0 Å². The fourth-order valence-corrected chi connectivity index (χ4v) is 5.47. The summed E-state index contributed by atoms with van der Waals surface area (Å²) in [6.45, 7) is 5.58. The van der Waals surface area contributed by atoms with Crippen LogP contribution in [0.25, 0.3) is 0 Å². The fraction of sp³-hybridized carbons (Fsp3) is 0.556. The summed E-state index contributed by atoms with van der Waals surface area (Å²) in [6.07, 6.45) is -0.319. The molecule has 2 heterocycles. The van der Waals surface area contributed by atoms with E-state index < -0.39 is 33.8 Å². The monoisotopic (exact) mass is 414 g/mol. The highest BCUT2D eigenvalue weighted by molar-refractivity contribution is 7.89. The van der Waals surface area contributed by atoms with E-state index in [9.17, 15) is 18.0 Å².